The molecule has 1 aromatic heterocycles. The monoisotopic (exact) mass is 493 g/mol. The Morgan fingerprint density at radius 1 is 1.00 bits per heavy atom. The van der Waals surface area contributed by atoms with Crippen LogP contribution in [0.15, 0.2) is 82.5 Å². The van der Waals surface area contributed by atoms with Crippen LogP contribution in [-0.2, 0) is 4.79 Å². The number of amides is 2. The Balaban J connectivity index is 1.34. The molecule has 0 aliphatic carbocycles. The first kappa shape index (κ1) is 23.0. The van der Waals surface area contributed by atoms with E-state index in [1.807, 2.05) is 66.9 Å². The summed E-state index contributed by atoms with van der Waals surface area (Å²) >= 11 is 8.82. The van der Waals surface area contributed by atoms with Gasteiger partial charge in [0.1, 0.15) is 0 Å². The number of nitrogens with one attached hydrogen (secondary N) is 2. The van der Waals surface area contributed by atoms with Gasteiger partial charge in [0.15, 0.2) is 4.34 Å². The lowest BCUT2D eigenvalue weighted by atomic mass is 10.1. The van der Waals surface area contributed by atoms with E-state index in [9.17, 15) is 9.59 Å². The van der Waals surface area contributed by atoms with Crippen LogP contribution < -0.4 is 10.6 Å². The highest BCUT2D eigenvalue weighted by Gasteiger charge is 2.11. The largest absolute Gasteiger partial charge is 0.325 e. The van der Waals surface area contributed by atoms with Crippen molar-refractivity contribution in [2.24, 2.45) is 0 Å². The Bertz CT molecular complexity index is 1270. The van der Waals surface area contributed by atoms with Crippen molar-refractivity contribution in [2.75, 3.05) is 16.4 Å². The Morgan fingerprint density at radius 2 is 1.76 bits per heavy atom. The normalized spacial score (nSPS) is 10.6. The number of thiazole rings is 1. The standard InChI is InChI=1S/C25H20ClN3O2S2/c1-16-7-12-20(13-21(16)28-24(31)18-5-3-2-4-6-18)27-23(30)15-33-25-29-22(14-32-25)17-8-10-19(26)11-9-17/h2-14H,15H2,1H3,(H,27,30)(H,28,31). The number of hydrogen-bond acceptors (Lipinski definition) is 5. The molecule has 5 nitrogen and oxygen atoms in total. The molecule has 166 valence electrons. The summed E-state index contributed by atoms with van der Waals surface area (Å²) in [6.45, 7) is 1.91. The third kappa shape index (κ3) is 6.22. The summed E-state index contributed by atoms with van der Waals surface area (Å²) in [5, 5.41) is 8.44. The van der Waals surface area contributed by atoms with Gasteiger partial charge in [0.25, 0.3) is 5.91 Å². The minimum atomic E-state index is -0.196. The number of anilines is 2. The molecule has 0 bridgehead atoms. The SMILES string of the molecule is Cc1ccc(NC(=O)CSc2nc(-c3ccc(Cl)cc3)cs2)cc1NC(=O)c1ccccc1. The fourth-order valence-corrected chi connectivity index (χ4v) is 4.78. The summed E-state index contributed by atoms with van der Waals surface area (Å²) in [4.78, 5) is 29.5. The second kappa shape index (κ2) is 10.7. The predicted molar refractivity (Wildman–Crippen MR) is 137 cm³/mol. The summed E-state index contributed by atoms with van der Waals surface area (Å²) in [7, 11) is 0. The molecule has 0 radical (unpaired) electrons. The summed E-state index contributed by atoms with van der Waals surface area (Å²) in [6, 6.07) is 21.9. The van der Waals surface area contributed by atoms with Crippen LogP contribution in [0.1, 0.15) is 15.9 Å². The van der Waals surface area contributed by atoms with Gasteiger partial charge in [0.2, 0.25) is 5.91 Å². The van der Waals surface area contributed by atoms with E-state index in [0.717, 1.165) is 21.2 Å². The third-order valence-corrected chi connectivity index (χ3v) is 7.03. The molecule has 4 aromatic rings. The van der Waals surface area contributed by atoms with Gasteiger partial charge in [-0.15, -0.1) is 11.3 Å². The summed E-state index contributed by atoms with van der Waals surface area (Å²) in [5.41, 5.74) is 4.60. The van der Waals surface area contributed by atoms with Crippen LogP contribution in [0.5, 0.6) is 0 Å². The minimum absolute atomic E-state index is 0.146. The van der Waals surface area contributed by atoms with Gasteiger partial charge >= 0.3 is 0 Å². The van der Waals surface area contributed by atoms with Crippen LogP contribution in [0, 0.1) is 6.92 Å². The first-order valence-electron chi connectivity index (χ1n) is 10.1. The van der Waals surface area contributed by atoms with Crippen LogP contribution in [0.25, 0.3) is 11.3 Å². The molecule has 0 spiro atoms. The van der Waals surface area contributed by atoms with Crippen LogP contribution in [-0.4, -0.2) is 22.6 Å². The molecular formula is C25H20ClN3O2S2. The van der Waals surface area contributed by atoms with Gasteiger partial charge < -0.3 is 10.6 Å². The number of benzene rings is 3. The number of nitrogens with zero attached hydrogens (tertiary/aromatic N) is 1. The second-order valence-corrected chi connectivity index (χ2v) is 9.71. The van der Waals surface area contributed by atoms with E-state index in [1.165, 1.54) is 23.1 Å². The lowest BCUT2D eigenvalue weighted by Gasteiger charge is -2.11. The van der Waals surface area contributed by atoms with E-state index < -0.39 is 0 Å². The van der Waals surface area contributed by atoms with Crippen molar-refractivity contribution in [1.82, 2.24) is 4.98 Å². The Labute approximate surface area is 205 Å². The van der Waals surface area contributed by atoms with E-state index in [4.69, 9.17) is 11.6 Å². The molecule has 2 N–H and O–H groups in total. The van der Waals surface area contributed by atoms with Gasteiger partial charge in [0.05, 0.1) is 11.4 Å². The molecule has 1 heterocycles. The van der Waals surface area contributed by atoms with E-state index in [1.54, 1.807) is 18.2 Å². The Kier molecular flexibility index (Phi) is 7.44. The molecule has 0 fully saturated rings. The maximum absolute atomic E-state index is 12.5. The minimum Gasteiger partial charge on any atom is -0.325 e. The molecule has 0 aliphatic rings. The topological polar surface area (TPSA) is 71.1 Å². The number of halogens is 1. The zero-order valence-electron chi connectivity index (χ0n) is 17.7. The highest BCUT2D eigenvalue weighted by atomic mass is 35.5. The zero-order valence-corrected chi connectivity index (χ0v) is 20.1. The smallest absolute Gasteiger partial charge is 0.255 e. The highest BCUT2D eigenvalue weighted by molar-refractivity contribution is 8.01. The molecule has 0 saturated carbocycles. The number of thioether (sulfide) groups is 1. The van der Waals surface area contributed by atoms with Crippen LogP contribution in [0.2, 0.25) is 5.02 Å². The van der Waals surface area contributed by atoms with Gasteiger partial charge in [-0.25, -0.2) is 4.98 Å². The first-order chi connectivity index (χ1) is 16.0. The number of rotatable bonds is 7. The molecule has 0 saturated heterocycles. The molecule has 8 heteroatoms. The van der Waals surface area contributed by atoms with Gasteiger partial charge in [0, 0.05) is 32.9 Å². The van der Waals surface area contributed by atoms with Crippen molar-refractivity contribution in [3.8, 4) is 11.3 Å². The lowest BCUT2D eigenvalue weighted by Crippen LogP contribution is -2.15. The van der Waals surface area contributed by atoms with Crippen molar-refractivity contribution in [1.29, 1.82) is 0 Å². The van der Waals surface area contributed by atoms with E-state index in [-0.39, 0.29) is 17.6 Å². The van der Waals surface area contributed by atoms with E-state index >= 15 is 0 Å². The molecule has 0 atom stereocenters. The molecule has 2 amide bonds. The van der Waals surface area contributed by atoms with Gasteiger partial charge in [-0.3, -0.25) is 9.59 Å². The number of carbonyl (C=O) groups is 2. The van der Waals surface area contributed by atoms with Crippen molar-refractivity contribution in [3.05, 3.63) is 94.3 Å². The highest BCUT2D eigenvalue weighted by Crippen LogP contribution is 2.29. The quantitative estimate of drug-likeness (QED) is 0.279. The number of carbonyl (C=O) groups excluding carboxylic acids is 2. The molecule has 4 rings (SSSR count). The van der Waals surface area contributed by atoms with E-state index in [0.29, 0.717) is 22.0 Å². The predicted octanol–water partition coefficient (Wildman–Crippen LogP) is 6.76. The van der Waals surface area contributed by atoms with Crippen LogP contribution in [0.3, 0.4) is 0 Å². The fourth-order valence-electron chi connectivity index (χ4n) is 3.02. The van der Waals surface area contributed by atoms with Crippen LogP contribution >= 0.6 is 34.7 Å². The van der Waals surface area contributed by atoms with Crippen molar-refractivity contribution < 1.29 is 9.59 Å². The average molecular weight is 494 g/mol. The van der Waals surface area contributed by atoms with Crippen molar-refractivity contribution in [3.63, 3.8) is 0 Å². The third-order valence-electron chi connectivity index (χ3n) is 4.76. The number of aromatic nitrogens is 1. The maximum atomic E-state index is 12.5. The fraction of sp³-hybridized carbons (Fsp3) is 0.0800. The van der Waals surface area contributed by atoms with Gasteiger partial charge in [-0.1, -0.05) is 59.8 Å². The number of aryl methyl sites for hydroxylation is 1. The van der Waals surface area contributed by atoms with Crippen molar-refractivity contribution in [2.45, 2.75) is 11.3 Å². The van der Waals surface area contributed by atoms with Gasteiger partial charge in [-0.05, 0) is 48.9 Å². The molecule has 0 unspecified atom stereocenters. The van der Waals surface area contributed by atoms with E-state index in [2.05, 4.69) is 15.6 Å². The Morgan fingerprint density at radius 3 is 2.52 bits per heavy atom. The first-order valence-corrected chi connectivity index (χ1v) is 12.3. The van der Waals surface area contributed by atoms with Crippen LogP contribution in [0.4, 0.5) is 11.4 Å². The second-order valence-electron chi connectivity index (χ2n) is 7.19. The zero-order chi connectivity index (χ0) is 23.2. The maximum Gasteiger partial charge on any atom is 0.255 e. The number of hydrogen-bond donors (Lipinski definition) is 2. The Hall–Kier alpha value is -3.13. The summed E-state index contributed by atoms with van der Waals surface area (Å²) in [5.74, 6) is -0.113. The van der Waals surface area contributed by atoms with Gasteiger partial charge in [-0.2, -0.15) is 0 Å². The molecule has 3 aromatic carbocycles. The lowest BCUT2D eigenvalue weighted by molar-refractivity contribution is -0.113. The summed E-state index contributed by atoms with van der Waals surface area (Å²) in [6.07, 6.45) is 0. The molecule has 0 aliphatic heterocycles. The molecule has 33 heavy (non-hydrogen) atoms. The average Bonchev–Trinajstić information content (AvgIpc) is 3.30. The van der Waals surface area contributed by atoms with Crippen molar-refractivity contribution >= 4 is 57.9 Å². The molecular weight excluding hydrogens is 474 g/mol. The summed E-state index contributed by atoms with van der Waals surface area (Å²) < 4.78 is 0.815.